The van der Waals surface area contributed by atoms with Gasteiger partial charge in [0, 0.05) is 24.2 Å². The average Bonchev–Trinajstić information content (AvgIpc) is 2.67. The highest BCUT2D eigenvalue weighted by atomic mass is 35.5. The molecule has 0 atom stereocenters. The van der Waals surface area contributed by atoms with Crippen molar-refractivity contribution in [2.24, 2.45) is 29.1 Å². The van der Waals surface area contributed by atoms with Gasteiger partial charge in [0.15, 0.2) is 0 Å². The Morgan fingerprint density at radius 2 is 1.55 bits per heavy atom. The molecule has 1 N–H and O–H groups in total. The molecule has 0 unspecified atom stereocenters. The molecule has 1 saturated heterocycles. The summed E-state index contributed by atoms with van der Waals surface area (Å²) in [6.45, 7) is 4.16. The van der Waals surface area contributed by atoms with Crippen LogP contribution in [0.4, 0.5) is 5.69 Å². The summed E-state index contributed by atoms with van der Waals surface area (Å²) in [5.74, 6) is 2.45. The molecule has 5 fully saturated rings. The van der Waals surface area contributed by atoms with Gasteiger partial charge in [0.2, 0.25) is 5.91 Å². The number of hydrogen-bond donors (Lipinski definition) is 1. The highest BCUT2D eigenvalue weighted by molar-refractivity contribution is 7.90. The third-order valence-electron chi connectivity index (χ3n) is 7.89. The minimum atomic E-state index is -4.01. The number of amides is 1. The summed E-state index contributed by atoms with van der Waals surface area (Å²) in [7, 11) is -4.01. The molecule has 4 saturated carbocycles. The van der Waals surface area contributed by atoms with Gasteiger partial charge in [-0.05, 0) is 73.3 Å². The number of hydrogen-bond acceptors (Lipinski definition) is 3. The number of rotatable bonds is 4. The van der Waals surface area contributed by atoms with Crippen LogP contribution >= 0.6 is 34.8 Å². The summed E-state index contributed by atoms with van der Waals surface area (Å²) in [5, 5.41) is 3.87. The van der Waals surface area contributed by atoms with E-state index in [2.05, 4.69) is 5.32 Å². The van der Waals surface area contributed by atoms with Crippen molar-refractivity contribution in [3.05, 3.63) is 27.2 Å². The van der Waals surface area contributed by atoms with E-state index in [0.717, 1.165) is 11.8 Å². The van der Waals surface area contributed by atoms with Crippen molar-refractivity contribution in [1.82, 2.24) is 9.62 Å². The van der Waals surface area contributed by atoms with Crippen LogP contribution in [-0.2, 0) is 15.0 Å². The van der Waals surface area contributed by atoms with Crippen LogP contribution in [0.1, 0.15) is 46.0 Å². The molecule has 6 nitrogen and oxygen atoms in total. The van der Waals surface area contributed by atoms with Crippen LogP contribution in [0.15, 0.2) is 12.1 Å². The third kappa shape index (κ3) is 4.49. The van der Waals surface area contributed by atoms with Crippen LogP contribution in [-0.4, -0.2) is 44.3 Å². The summed E-state index contributed by atoms with van der Waals surface area (Å²) in [5.41, 5.74) is -0.220. The summed E-state index contributed by atoms with van der Waals surface area (Å²) < 4.78 is 29.6. The molecule has 0 spiro atoms. The fourth-order valence-electron chi connectivity index (χ4n) is 6.88. The second-order valence-electron chi connectivity index (χ2n) is 11.2. The molecule has 10 heteroatoms. The monoisotopic (exact) mass is 533 g/mol. The minimum absolute atomic E-state index is 0.159. The first kappa shape index (κ1) is 24.0. The lowest BCUT2D eigenvalue weighted by molar-refractivity contribution is -0.125. The summed E-state index contributed by atoms with van der Waals surface area (Å²) in [6, 6.07) is 3.12. The molecule has 1 aromatic carbocycles. The van der Waals surface area contributed by atoms with E-state index in [9.17, 15) is 13.2 Å². The van der Waals surface area contributed by atoms with Crippen molar-refractivity contribution < 1.29 is 13.2 Å². The molecule has 0 radical (unpaired) electrons. The van der Waals surface area contributed by atoms with Gasteiger partial charge >= 0.3 is 10.2 Å². The molecule has 1 aromatic rings. The lowest BCUT2D eigenvalue weighted by atomic mass is 9.54. The van der Waals surface area contributed by atoms with Crippen molar-refractivity contribution in [3.8, 4) is 0 Å². The maximum atomic E-state index is 13.6. The van der Waals surface area contributed by atoms with Crippen LogP contribution in [0.25, 0.3) is 0 Å². The lowest BCUT2D eigenvalue weighted by Crippen LogP contribution is -2.61. The molecule has 1 aliphatic heterocycles. The molecule has 4 bridgehead atoms. The zero-order valence-corrected chi connectivity index (χ0v) is 21.9. The van der Waals surface area contributed by atoms with Crippen LogP contribution < -0.4 is 9.62 Å². The molecule has 33 heavy (non-hydrogen) atoms. The smallest absolute Gasteiger partial charge is 0.304 e. The SMILES string of the molecule is CC1(C)CN(CC(=O)NC2C3CC4CC(C3)CC2C4)S(=O)(=O)N(c2c(Cl)cc(Cl)cc2Cl)C1. The largest absolute Gasteiger partial charge is 0.352 e. The molecule has 4 aliphatic carbocycles. The van der Waals surface area contributed by atoms with Gasteiger partial charge in [-0.3, -0.25) is 9.10 Å². The average molecular weight is 535 g/mol. The van der Waals surface area contributed by atoms with Gasteiger partial charge in [-0.1, -0.05) is 48.7 Å². The van der Waals surface area contributed by atoms with Crippen LogP contribution in [0, 0.1) is 29.1 Å². The van der Waals surface area contributed by atoms with E-state index in [4.69, 9.17) is 34.8 Å². The Bertz CT molecular complexity index is 1030. The number of halogens is 3. The normalized spacial score (nSPS) is 34.5. The lowest BCUT2D eigenvalue weighted by Gasteiger charge is -2.54. The topological polar surface area (TPSA) is 69.7 Å². The van der Waals surface area contributed by atoms with E-state index in [1.807, 2.05) is 13.8 Å². The molecule has 1 heterocycles. The standard InChI is InChI=1S/C23H30Cl3N3O3S/c1-23(2)11-28(33(31,32)29(12-23)22-18(25)8-17(24)9-19(22)26)10-20(30)27-21-15-4-13-3-14(6-15)7-16(21)5-13/h8-9,13-16,21H,3-7,10-12H2,1-2H3,(H,27,30). The molecule has 5 aliphatic rings. The number of carbonyl (C=O) groups excluding carboxylic acids is 1. The Morgan fingerprint density at radius 1 is 1.00 bits per heavy atom. The van der Waals surface area contributed by atoms with Gasteiger partial charge in [-0.15, -0.1) is 0 Å². The van der Waals surface area contributed by atoms with E-state index in [0.29, 0.717) is 16.9 Å². The Balaban J connectivity index is 1.36. The summed E-state index contributed by atoms with van der Waals surface area (Å²) in [6.07, 6.45) is 6.10. The maximum Gasteiger partial charge on any atom is 0.304 e. The molecule has 0 aromatic heterocycles. The Morgan fingerprint density at radius 3 is 2.09 bits per heavy atom. The van der Waals surface area contributed by atoms with Crippen molar-refractivity contribution >= 4 is 56.6 Å². The van der Waals surface area contributed by atoms with Crippen LogP contribution in [0.5, 0.6) is 0 Å². The Hall–Kier alpha value is -0.730. The summed E-state index contributed by atoms with van der Waals surface area (Å²) in [4.78, 5) is 13.1. The van der Waals surface area contributed by atoms with Gasteiger partial charge in [0.25, 0.3) is 0 Å². The zero-order chi connectivity index (χ0) is 23.7. The third-order valence-corrected chi connectivity index (χ3v) is 10.5. The molecule has 6 rings (SSSR count). The van der Waals surface area contributed by atoms with E-state index < -0.39 is 15.6 Å². The molecular weight excluding hydrogens is 505 g/mol. The van der Waals surface area contributed by atoms with E-state index >= 15 is 0 Å². The minimum Gasteiger partial charge on any atom is -0.352 e. The zero-order valence-electron chi connectivity index (χ0n) is 18.9. The number of nitrogens with zero attached hydrogens (tertiary/aromatic N) is 2. The first-order valence-corrected chi connectivity index (χ1v) is 14.2. The van der Waals surface area contributed by atoms with E-state index in [1.165, 1.54) is 52.8 Å². The highest BCUT2D eigenvalue weighted by Gasteiger charge is 2.49. The number of nitrogens with one attached hydrogen (secondary N) is 1. The van der Waals surface area contributed by atoms with Gasteiger partial charge in [0.1, 0.15) is 0 Å². The maximum absolute atomic E-state index is 13.6. The highest BCUT2D eigenvalue weighted by Crippen LogP contribution is 2.53. The Labute approximate surface area is 211 Å². The van der Waals surface area contributed by atoms with Gasteiger partial charge in [0.05, 0.1) is 22.3 Å². The van der Waals surface area contributed by atoms with Crippen molar-refractivity contribution in [2.45, 2.75) is 52.0 Å². The van der Waals surface area contributed by atoms with E-state index in [1.54, 1.807) is 0 Å². The predicted molar refractivity (Wildman–Crippen MR) is 132 cm³/mol. The quantitative estimate of drug-likeness (QED) is 0.592. The van der Waals surface area contributed by atoms with E-state index in [-0.39, 0.29) is 47.3 Å². The second-order valence-corrected chi connectivity index (χ2v) is 14.3. The number of anilines is 1. The van der Waals surface area contributed by atoms with Gasteiger partial charge < -0.3 is 5.32 Å². The van der Waals surface area contributed by atoms with Crippen molar-refractivity contribution in [2.75, 3.05) is 23.9 Å². The van der Waals surface area contributed by atoms with Gasteiger partial charge in [-0.25, -0.2) is 0 Å². The van der Waals surface area contributed by atoms with Crippen LogP contribution in [0.2, 0.25) is 15.1 Å². The first-order valence-electron chi connectivity index (χ1n) is 11.6. The molecule has 1 amide bonds. The first-order chi connectivity index (χ1) is 15.4. The molecular formula is C23H30Cl3N3O3S. The predicted octanol–water partition coefficient (Wildman–Crippen LogP) is 4.98. The van der Waals surface area contributed by atoms with Gasteiger partial charge in [-0.2, -0.15) is 12.7 Å². The second kappa shape index (κ2) is 8.44. The number of carbonyl (C=O) groups is 1. The fourth-order valence-corrected chi connectivity index (χ4v) is 10.0. The fraction of sp³-hybridized carbons (Fsp3) is 0.696. The molecule has 182 valence electrons. The Kier molecular flexibility index (Phi) is 6.13. The van der Waals surface area contributed by atoms with Crippen LogP contribution in [0.3, 0.4) is 0 Å². The van der Waals surface area contributed by atoms with Crippen molar-refractivity contribution in [1.29, 1.82) is 0 Å². The number of benzene rings is 1. The summed E-state index contributed by atoms with van der Waals surface area (Å²) >= 11 is 18.8. The van der Waals surface area contributed by atoms with Crippen molar-refractivity contribution in [3.63, 3.8) is 0 Å².